The van der Waals surface area contributed by atoms with Crippen molar-refractivity contribution in [3.8, 4) is 5.75 Å². The van der Waals surface area contributed by atoms with E-state index in [1.54, 1.807) is 23.5 Å². The lowest BCUT2D eigenvalue weighted by molar-refractivity contribution is 0.475. The molecule has 0 saturated carbocycles. The zero-order valence-corrected chi connectivity index (χ0v) is 9.55. The largest absolute Gasteiger partial charge is 0.508 e. The Kier molecular flexibility index (Phi) is 3.23. The van der Waals surface area contributed by atoms with Crippen LogP contribution in [0.2, 0.25) is 0 Å². The molecule has 0 aliphatic heterocycles. The van der Waals surface area contributed by atoms with E-state index >= 15 is 0 Å². The molecule has 0 aliphatic rings. The smallest absolute Gasteiger partial charge is 0.115 e. The fraction of sp³-hybridized carbons (Fsp3) is 0.182. The third kappa shape index (κ3) is 2.70. The highest BCUT2D eigenvalue weighted by molar-refractivity contribution is 7.09. The van der Waals surface area contributed by atoms with Crippen molar-refractivity contribution < 1.29 is 5.11 Å². The number of benzene rings is 1. The van der Waals surface area contributed by atoms with Crippen LogP contribution in [0.3, 0.4) is 0 Å². The Hall–Kier alpha value is -1.06. The maximum absolute atomic E-state index is 9.13. The van der Waals surface area contributed by atoms with E-state index in [4.69, 9.17) is 16.7 Å². The Morgan fingerprint density at radius 1 is 1.27 bits per heavy atom. The standard InChI is InChI=1S/C11H10ClNOS/c12-6-9-7-15-11(13-9)5-8-1-3-10(14)4-2-8/h1-4,7,14H,5-6H2. The minimum Gasteiger partial charge on any atom is -0.508 e. The molecule has 0 unspecified atom stereocenters. The lowest BCUT2D eigenvalue weighted by Gasteiger charge is -1.97. The number of nitrogens with zero attached hydrogens (tertiary/aromatic N) is 1. The predicted octanol–water partition coefficient (Wildman–Crippen LogP) is 3.18. The Balaban J connectivity index is 2.11. The predicted molar refractivity (Wildman–Crippen MR) is 62.6 cm³/mol. The van der Waals surface area contributed by atoms with Gasteiger partial charge in [0.1, 0.15) is 5.75 Å². The number of hydrogen-bond acceptors (Lipinski definition) is 3. The molecule has 1 aromatic carbocycles. The van der Waals surface area contributed by atoms with Gasteiger partial charge < -0.3 is 5.11 Å². The number of hydrogen-bond donors (Lipinski definition) is 1. The van der Waals surface area contributed by atoms with Crippen LogP contribution in [0.1, 0.15) is 16.3 Å². The molecule has 1 heterocycles. The topological polar surface area (TPSA) is 33.1 Å². The van der Waals surface area contributed by atoms with Crippen LogP contribution in [0.25, 0.3) is 0 Å². The summed E-state index contributed by atoms with van der Waals surface area (Å²) in [6.45, 7) is 0. The van der Waals surface area contributed by atoms with Gasteiger partial charge in [0.2, 0.25) is 0 Å². The van der Waals surface area contributed by atoms with Crippen molar-refractivity contribution in [3.63, 3.8) is 0 Å². The summed E-state index contributed by atoms with van der Waals surface area (Å²) in [6.07, 6.45) is 0.793. The van der Waals surface area contributed by atoms with E-state index in [2.05, 4.69) is 4.98 Å². The van der Waals surface area contributed by atoms with E-state index in [-0.39, 0.29) is 0 Å². The SMILES string of the molecule is Oc1ccc(Cc2nc(CCl)cs2)cc1. The van der Waals surface area contributed by atoms with Gasteiger partial charge in [-0.3, -0.25) is 0 Å². The van der Waals surface area contributed by atoms with Crippen molar-refractivity contribution in [2.24, 2.45) is 0 Å². The van der Waals surface area contributed by atoms with Gasteiger partial charge in [-0.2, -0.15) is 0 Å². The van der Waals surface area contributed by atoms with E-state index in [1.165, 1.54) is 0 Å². The van der Waals surface area contributed by atoms with Gasteiger partial charge in [0, 0.05) is 11.8 Å². The molecule has 0 spiro atoms. The van der Waals surface area contributed by atoms with Crippen LogP contribution in [0.4, 0.5) is 0 Å². The molecule has 4 heteroatoms. The van der Waals surface area contributed by atoms with Crippen LogP contribution in [-0.4, -0.2) is 10.1 Å². The molecule has 0 amide bonds. The maximum atomic E-state index is 9.13. The van der Waals surface area contributed by atoms with Crippen molar-refractivity contribution in [2.75, 3.05) is 0 Å². The molecule has 0 radical (unpaired) electrons. The number of thiazole rings is 1. The normalized spacial score (nSPS) is 10.5. The summed E-state index contributed by atoms with van der Waals surface area (Å²) in [4.78, 5) is 4.37. The second-order valence-corrected chi connectivity index (χ2v) is 4.42. The second-order valence-electron chi connectivity index (χ2n) is 3.21. The monoisotopic (exact) mass is 239 g/mol. The Morgan fingerprint density at radius 3 is 2.60 bits per heavy atom. The lowest BCUT2D eigenvalue weighted by atomic mass is 10.1. The average molecular weight is 240 g/mol. The summed E-state index contributed by atoms with van der Waals surface area (Å²) < 4.78 is 0. The van der Waals surface area contributed by atoms with Gasteiger partial charge in [0.15, 0.2) is 0 Å². The van der Waals surface area contributed by atoms with Gasteiger partial charge >= 0.3 is 0 Å². The highest BCUT2D eigenvalue weighted by atomic mass is 35.5. The molecule has 2 rings (SSSR count). The number of rotatable bonds is 3. The zero-order chi connectivity index (χ0) is 10.7. The molecule has 1 aromatic heterocycles. The lowest BCUT2D eigenvalue weighted by Crippen LogP contribution is -1.87. The third-order valence-corrected chi connectivity index (χ3v) is 3.20. The van der Waals surface area contributed by atoms with Gasteiger partial charge in [-0.15, -0.1) is 22.9 Å². The van der Waals surface area contributed by atoms with E-state index < -0.39 is 0 Å². The molecule has 15 heavy (non-hydrogen) atoms. The summed E-state index contributed by atoms with van der Waals surface area (Å²) in [6, 6.07) is 7.17. The van der Waals surface area contributed by atoms with Crippen LogP contribution in [0.5, 0.6) is 5.75 Å². The Morgan fingerprint density at radius 2 is 2.00 bits per heavy atom. The average Bonchev–Trinajstić information content (AvgIpc) is 2.69. The van der Waals surface area contributed by atoms with Crippen LogP contribution in [-0.2, 0) is 12.3 Å². The Labute approximate surface area is 97.2 Å². The van der Waals surface area contributed by atoms with E-state index in [1.807, 2.05) is 17.5 Å². The fourth-order valence-electron chi connectivity index (χ4n) is 1.28. The zero-order valence-electron chi connectivity index (χ0n) is 7.98. The highest BCUT2D eigenvalue weighted by Crippen LogP contribution is 2.17. The van der Waals surface area contributed by atoms with Gasteiger partial charge in [-0.25, -0.2) is 4.98 Å². The summed E-state index contributed by atoms with van der Waals surface area (Å²) in [7, 11) is 0. The van der Waals surface area contributed by atoms with Crippen LogP contribution >= 0.6 is 22.9 Å². The van der Waals surface area contributed by atoms with Gasteiger partial charge in [0.25, 0.3) is 0 Å². The number of alkyl halides is 1. The second kappa shape index (κ2) is 4.64. The number of phenolic OH excluding ortho intramolecular Hbond substituents is 1. The third-order valence-electron chi connectivity index (χ3n) is 2.03. The first-order valence-electron chi connectivity index (χ1n) is 4.55. The van der Waals surface area contributed by atoms with Gasteiger partial charge in [-0.1, -0.05) is 12.1 Å². The molecule has 2 aromatic rings. The van der Waals surface area contributed by atoms with Crippen LogP contribution in [0, 0.1) is 0 Å². The summed E-state index contributed by atoms with van der Waals surface area (Å²) in [5.74, 6) is 0.755. The molecule has 0 bridgehead atoms. The minimum absolute atomic E-state index is 0.291. The summed E-state index contributed by atoms with van der Waals surface area (Å²) in [5.41, 5.74) is 2.07. The van der Waals surface area contributed by atoms with Crippen molar-refractivity contribution in [3.05, 3.63) is 45.9 Å². The number of halogens is 1. The van der Waals surface area contributed by atoms with Crippen molar-refractivity contribution in [1.82, 2.24) is 4.98 Å². The highest BCUT2D eigenvalue weighted by Gasteiger charge is 2.02. The molecular formula is C11H10ClNOS. The maximum Gasteiger partial charge on any atom is 0.115 e. The Bertz CT molecular complexity index is 438. The molecule has 0 atom stereocenters. The van der Waals surface area contributed by atoms with Crippen molar-refractivity contribution in [1.29, 1.82) is 0 Å². The fourth-order valence-corrected chi connectivity index (χ4v) is 2.34. The van der Waals surface area contributed by atoms with Crippen molar-refractivity contribution >= 4 is 22.9 Å². The first-order chi connectivity index (χ1) is 7.28. The van der Waals surface area contributed by atoms with Crippen LogP contribution in [0.15, 0.2) is 29.6 Å². The molecule has 2 nitrogen and oxygen atoms in total. The molecular weight excluding hydrogens is 230 g/mol. The number of aromatic hydroxyl groups is 1. The van der Waals surface area contributed by atoms with Gasteiger partial charge in [0.05, 0.1) is 16.6 Å². The quantitative estimate of drug-likeness (QED) is 0.835. The molecule has 0 fully saturated rings. The van der Waals surface area contributed by atoms with E-state index in [0.29, 0.717) is 11.6 Å². The number of aromatic nitrogens is 1. The molecule has 78 valence electrons. The van der Waals surface area contributed by atoms with E-state index in [0.717, 1.165) is 22.7 Å². The molecule has 0 aliphatic carbocycles. The number of phenols is 1. The molecule has 1 N–H and O–H groups in total. The van der Waals surface area contributed by atoms with Crippen LogP contribution < -0.4 is 0 Å². The van der Waals surface area contributed by atoms with Gasteiger partial charge in [-0.05, 0) is 17.7 Å². The first-order valence-corrected chi connectivity index (χ1v) is 5.96. The summed E-state index contributed by atoms with van der Waals surface area (Å²) in [5, 5.41) is 12.2. The van der Waals surface area contributed by atoms with Crippen molar-refractivity contribution in [2.45, 2.75) is 12.3 Å². The minimum atomic E-state index is 0.291. The first kappa shape index (κ1) is 10.5. The summed E-state index contributed by atoms with van der Waals surface area (Å²) >= 11 is 7.29. The molecule has 0 saturated heterocycles. The van der Waals surface area contributed by atoms with E-state index in [9.17, 15) is 0 Å².